The summed E-state index contributed by atoms with van der Waals surface area (Å²) in [5.74, 6) is 0.633. The van der Waals surface area contributed by atoms with E-state index in [1.54, 1.807) is 0 Å². The molecular weight excluding hydrogens is 340 g/mol. The van der Waals surface area contributed by atoms with E-state index >= 15 is 0 Å². The maximum atomic E-state index is 11.8. The Hall–Kier alpha value is -3.16. The van der Waals surface area contributed by atoms with Gasteiger partial charge in [-0.1, -0.05) is 0 Å². The summed E-state index contributed by atoms with van der Waals surface area (Å²) in [6.45, 7) is 3.85. The first-order valence-electron chi connectivity index (χ1n) is 7.85. The molecule has 0 spiro atoms. The van der Waals surface area contributed by atoms with E-state index in [0.717, 1.165) is 11.1 Å². The Morgan fingerprint density at radius 2 is 1.08 bits per heavy atom. The quantitative estimate of drug-likeness (QED) is 0.868. The monoisotopic (exact) mass is 362 g/mol. The molecule has 2 aromatic carbocycles. The van der Waals surface area contributed by atoms with Crippen molar-refractivity contribution in [1.82, 2.24) is 10.6 Å². The van der Waals surface area contributed by atoms with Crippen LogP contribution in [0.25, 0.3) is 10.8 Å². The van der Waals surface area contributed by atoms with Crippen LogP contribution in [0.3, 0.4) is 0 Å². The minimum absolute atomic E-state index is 0.144. The molecule has 0 saturated heterocycles. The van der Waals surface area contributed by atoms with Crippen molar-refractivity contribution in [3.8, 4) is 23.0 Å². The van der Waals surface area contributed by atoms with Gasteiger partial charge in [0.05, 0.1) is 14.2 Å². The Balaban J connectivity index is 2.92. The summed E-state index contributed by atoms with van der Waals surface area (Å²) < 4.78 is 21.6. The molecule has 2 aromatic rings. The number of nitrogens with one attached hydrogen (secondary N) is 2. The molecule has 8 heteroatoms. The lowest BCUT2D eigenvalue weighted by Crippen LogP contribution is -2.23. The number of fused-ring (bicyclic) bond motifs is 1. The van der Waals surface area contributed by atoms with Gasteiger partial charge in [-0.3, -0.25) is 0 Å². The standard InChI is InChI=1S/C18H22N2O6/c1-9-7-11-12(8-10(9)2)14(26-18(22)20-4)16(24-6)15(23-5)13(11)25-17(21)19-3/h7-8H,1-6H3,(H,19,21)(H,20,22). The van der Waals surface area contributed by atoms with Crippen molar-refractivity contribution < 1.29 is 28.5 Å². The number of carbonyl (C=O) groups is 2. The summed E-state index contributed by atoms with van der Waals surface area (Å²) in [6.07, 6.45) is -1.32. The molecule has 0 aromatic heterocycles. The van der Waals surface area contributed by atoms with E-state index in [1.165, 1.54) is 28.3 Å². The average molecular weight is 362 g/mol. The molecule has 0 fully saturated rings. The first-order valence-corrected chi connectivity index (χ1v) is 7.85. The Labute approximate surface area is 151 Å². The van der Waals surface area contributed by atoms with Crippen LogP contribution in [-0.2, 0) is 0 Å². The molecule has 0 unspecified atom stereocenters. The minimum atomic E-state index is -0.662. The molecule has 2 amide bonds. The molecule has 140 valence electrons. The van der Waals surface area contributed by atoms with Crippen LogP contribution in [0.1, 0.15) is 11.1 Å². The van der Waals surface area contributed by atoms with Crippen molar-refractivity contribution in [3.05, 3.63) is 23.3 Å². The largest absolute Gasteiger partial charge is 0.490 e. The van der Waals surface area contributed by atoms with Gasteiger partial charge in [0.1, 0.15) is 0 Å². The first-order chi connectivity index (χ1) is 12.4. The number of hydrogen-bond acceptors (Lipinski definition) is 6. The van der Waals surface area contributed by atoms with Gasteiger partial charge in [-0.05, 0) is 37.1 Å². The van der Waals surface area contributed by atoms with Gasteiger partial charge in [0.25, 0.3) is 0 Å². The van der Waals surface area contributed by atoms with Gasteiger partial charge in [0.15, 0.2) is 11.5 Å². The van der Waals surface area contributed by atoms with Crippen LogP contribution in [0.15, 0.2) is 12.1 Å². The SMILES string of the molecule is CNC(=O)Oc1c(OC)c(OC)c(OC(=O)NC)c2cc(C)c(C)cc12. The molecule has 26 heavy (non-hydrogen) atoms. The minimum Gasteiger partial charge on any atom is -0.490 e. The average Bonchev–Trinajstić information content (AvgIpc) is 2.64. The van der Waals surface area contributed by atoms with E-state index in [0.29, 0.717) is 10.8 Å². The first kappa shape index (κ1) is 19.2. The summed E-state index contributed by atoms with van der Waals surface area (Å²) in [7, 11) is 5.72. The molecule has 0 atom stereocenters. The summed E-state index contributed by atoms with van der Waals surface area (Å²) in [4.78, 5) is 23.7. The number of carbonyl (C=O) groups excluding carboxylic acids is 2. The number of ether oxygens (including phenoxy) is 4. The molecule has 8 nitrogen and oxygen atoms in total. The highest BCUT2D eigenvalue weighted by Gasteiger charge is 2.27. The third-order valence-corrected chi connectivity index (χ3v) is 3.95. The summed E-state index contributed by atoms with van der Waals surface area (Å²) in [5, 5.41) is 5.89. The lowest BCUT2D eigenvalue weighted by molar-refractivity contribution is 0.197. The van der Waals surface area contributed by atoms with E-state index in [1.807, 2.05) is 26.0 Å². The Bertz CT molecular complexity index is 792. The lowest BCUT2D eigenvalue weighted by Gasteiger charge is -2.20. The predicted molar refractivity (Wildman–Crippen MR) is 96.7 cm³/mol. The van der Waals surface area contributed by atoms with Crippen molar-refractivity contribution >= 4 is 23.0 Å². The Morgan fingerprint density at radius 1 is 0.731 bits per heavy atom. The summed E-state index contributed by atoms with van der Waals surface area (Å²) in [6, 6.07) is 3.67. The van der Waals surface area contributed by atoms with E-state index in [-0.39, 0.29) is 23.0 Å². The van der Waals surface area contributed by atoms with Crippen molar-refractivity contribution in [2.24, 2.45) is 0 Å². The number of rotatable bonds is 4. The van der Waals surface area contributed by atoms with Crippen LogP contribution in [0.4, 0.5) is 9.59 Å². The van der Waals surface area contributed by atoms with Crippen LogP contribution in [0.5, 0.6) is 23.0 Å². The number of aryl methyl sites for hydroxylation is 2. The fourth-order valence-corrected chi connectivity index (χ4v) is 2.50. The Morgan fingerprint density at radius 3 is 1.35 bits per heavy atom. The van der Waals surface area contributed by atoms with Crippen LogP contribution < -0.4 is 29.6 Å². The molecule has 0 saturated carbocycles. The maximum absolute atomic E-state index is 11.8. The fraction of sp³-hybridized carbons (Fsp3) is 0.333. The van der Waals surface area contributed by atoms with Gasteiger partial charge >= 0.3 is 12.2 Å². The van der Waals surface area contributed by atoms with E-state index < -0.39 is 12.2 Å². The summed E-state index contributed by atoms with van der Waals surface area (Å²) in [5.41, 5.74) is 1.94. The number of benzene rings is 2. The molecule has 0 radical (unpaired) electrons. The van der Waals surface area contributed by atoms with Crippen molar-refractivity contribution in [2.45, 2.75) is 13.8 Å². The smallest absolute Gasteiger partial charge is 0.412 e. The molecule has 0 aliphatic rings. The zero-order valence-corrected chi connectivity index (χ0v) is 15.6. The zero-order chi connectivity index (χ0) is 19.4. The van der Waals surface area contributed by atoms with Crippen LogP contribution in [0.2, 0.25) is 0 Å². The maximum Gasteiger partial charge on any atom is 0.412 e. The number of amides is 2. The molecule has 0 aliphatic heterocycles. The normalized spacial score (nSPS) is 10.2. The summed E-state index contributed by atoms with van der Waals surface area (Å²) >= 11 is 0. The number of hydrogen-bond donors (Lipinski definition) is 2. The van der Waals surface area contributed by atoms with Crippen LogP contribution >= 0.6 is 0 Å². The second-order valence-electron chi connectivity index (χ2n) is 5.49. The van der Waals surface area contributed by atoms with Gasteiger partial charge in [-0.15, -0.1) is 0 Å². The molecule has 0 bridgehead atoms. The van der Waals surface area contributed by atoms with Crippen molar-refractivity contribution in [3.63, 3.8) is 0 Å². The van der Waals surface area contributed by atoms with Gasteiger partial charge in [-0.25, -0.2) is 9.59 Å². The molecule has 2 rings (SSSR count). The highest BCUT2D eigenvalue weighted by Crippen LogP contribution is 2.51. The third kappa shape index (κ3) is 3.44. The van der Waals surface area contributed by atoms with Crippen LogP contribution in [-0.4, -0.2) is 40.5 Å². The van der Waals surface area contributed by atoms with E-state index in [2.05, 4.69) is 10.6 Å². The molecular formula is C18H22N2O6. The second-order valence-corrected chi connectivity index (χ2v) is 5.49. The van der Waals surface area contributed by atoms with Gasteiger partial charge in [0, 0.05) is 24.9 Å². The molecule has 0 aliphatic carbocycles. The van der Waals surface area contributed by atoms with Crippen molar-refractivity contribution in [2.75, 3.05) is 28.3 Å². The van der Waals surface area contributed by atoms with Crippen LogP contribution in [0, 0.1) is 13.8 Å². The van der Waals surface area contributed by atoms with Gasteiger partial charge in [0.2, 0.25) is 11.5 Å². The fourth-order valence-electron chi connectivity index (χ4n) is 2.50. The predicted octanol–water partition coefficient (Wildman–Crippen LogP) is 2.91. The molecule has 0 heterocycles. The second kappa shape index (κ2) is 7.81. The molecule has 2 N–H and O–H groups in total. The number of methoxy groups -OCH3 is 2. The lowest BCUT2D eigenvalue weighted by atomic mass is 10.00. The van der Waals surface area contributed by atoms with Crippen molar-refractivity contribution in [1.29, 1.82) is 0 Å². The topological polar surface area (TPSA) is 95.1 Å². The highest BCUT2D eigenvalue weighted by molar-refractivity contribution is 6.01. The Kier molecular flexibility index (Phi) is 5.76. The third-order valence-electron chi connectivity index (χ3n) is 3.95. The van der Waals surface area contributed by atoms with Gasteiger partial charge in [-0.2, -0.15) is 0 Å². The van der Waals surface area contributed by atoms with E-state index in [9.17, 15) is 9.59 Å². The zero-order valence-electron chi connectivity index (χ0n) is 15.6. The van der Waals surface area contributed by atoms with Gasteiger partial charge < -0.3 is 29.6 Å². The van der Waals surface area contributed by atoms with E-state index in [4.69, 9.17) is 18.9 Å². The highest BCUT2D eigenvalue weighted by atomic mass is 16.6.